The summed E-state index contributed by atoms with van der Waals surface area (Å²) < 4.78 is 11.0. The fourth-order valence-corrected chi connectivity index (χ4v) is 1.98. The minimum absolute atomic E-state index is 0.111. The van der Waals surface area contributed by atoms with Gasteiger partial charge in [-0.1, -0.05) is 6.92 Å². The maximum atomic E-state index is 11.5. The molecule has 2 unspecified atom stereocenters. The molecule has 19 heavy (non-hydrogen) atoms. The summed E-state index contributed by atoms with van der Waals surface area (Å²) in [5.74, 6) is 0.528. The smallest absolute Gasteiger partial charge is 0.220 e. The molecule has 3 N–H and O–H groups in total. The zero-order valence-electron chi connectivity index (χ0n) is 12.0. The first-order valence-electron chi connectivity index (χ1n) is 7.38. The number of hydrogen-bond donors (Lipinski definition) is 2. The van der Waals surface area contributed by atoms with E-state index in [1.165, 1.54) is 0 Å². The number of amides is 1. The van der Waals surface area contributed by atoms with Crippen LogP contribution in [0.4, 0.5) is 0 Å². The summed E-state index contributed by atoms with van der Waals surface area (Å²) in [6.45, 7) is 5.62. The van der Waals surface area contributed by atoms with E-state index in [1.807, 2.05) is 0 Å². The van der Waals surface area contributed by atoms with Crippen LogP contribution in [0.3, 0.4) is 0 Å². The van der Waals surface area contributed by atoms with E-state index in [0.717, 1.165) is 32.3 Å². The molecule has 1 rings (SSSR count). The summed E-state index contributed by atoms with van der Waals surface area (Å²) in [6.07, 6.45) is 4.81. The molecule has 0 radical (unpaired) electrons. The van der Waals surface area contributed by atoms with E-state index in [9.17, 15) is 4.79 Å². The normalized spacial score (nSPS) is 20.4. The van der Waals surface area contributed by atoms with E-state index >= 15 is 0 Å². The molecule has 5 heteroatoms. The molecule has 0 aromatic carbocycles. The second kappa shape index (κ2) is 10.2. The molecule has 0 aromatic heterocycles. The molecule has 1 heterocycles. The van der Waals surface area contributed by atoms with Gasteiger partial charge in [0.2, 0.25) is 5.91 Å². The molecule has 0 saturated carbocycles. The fourth-order valence-electron chi connectivity index (χ4n) is 1.98. The predicted molar refractivity (Wildman–Crippen MR) is 74.9 cm³/mol. The third-order valence-corrected chi connectivity index (χ3v) is 3.38. The molecule has 0 bridgehead atoms. The molecular formula is C14H28N2O3. The van der Waals surface area contributed by atoms with Gasteiger partial charge in [-0.05, 0) is 38.1 Å². The van der Waals surface area contributed by atoms with Gasteiger partial charge in [0.1, 0.15) is 0 Å². The minimum Gasteiger partial charge on any atom is -0.379 e. The highest BCUT2D eigenvalue weighted by Crippen LogP contribution is 2.11. The van der Waals surface area contributed by atoms with Crippen LogP contribution in [-0.4, -0.2) is 44.9 Å². The Balaban J connectivity index is 1.85. The van der Waals surface area contributed by atoms with Crippen molar-refractivity contribution in [3.05, 3.63) is 0 Å². The quantitative estimate of drug-likeness (QED) is 0.583. The molecule has 1 aliphatic rings. The van der Waals surface area contributed by atoms with Gasteiger partial charge < -0.3 is 20.5 Å². The highest BCUT2D eigenvalue weighted by atomic mass is 16.5. The van der Waals surface area contributed by atoms with Gasteiger partial charge in [0.25, 0.3) is 0 Å². The van der Waals surface area contributed by atoms with Gasteiger partial charge in [-0.25, -0.2) is 0 Å². The van der Waals surface area contributed by atoms with Gasteiger partial charge in [0.05, 0.1) is 12.7 Å². The van der Waals surface area contributed by atoms with E-state index < -0.39 is 0 Å². The first-order valence-corrected chi connectivity index (χ1v) is 7.38. The molecule has 5 nitrogen and oxygen atoms in total. The highest BCUT2D eigenvalue weighted by Gasteiger charge is 2.14. The minimum atomic E-state index is 0.111. The Morgan fingerprint density at radius 2 is 2.42 bits per heavy atom. The van der Waals surface area contributed by atoms with Crippen LogP contribution in [0.2, 0.25) is 0 Å². The van der Waals surface area contributed by atoms with Crippen LogP contribution in [0.15, 0.2) is 0 Å². The lowest BCUT2D eigenvalue weighted by atomic mass is 10.1. The first-order chi connectivity index (χ1) is 9.22. The zero-order chi connectivity index (χ0) is 13.9. The Morgan fingerprint density at radius 3 is 3.11 bits per heavy atom. The van der Waals surface area contributed by atoms with Crippen LogP contribution in [0, 0.1) is 5.92 Å². The van der Waals surface area contributed by atoms with Crippen molar-refractivity contribution in [2.75, 3.05) is 32.9 Å². The maximum Gasteiger partial charge on any atom is 0.220 e. The molecule has 112 valence electrons. The van der Waals surface area contributed by atoms with Crippen LogP contribution in [0.1, 0.15) is 39.0 Å². The highest BCUT2D eigenvalue weighted by molar-refractivity contribution is 5.75. The molecule has 0 spiro atoms. The molecule has 1 aliphatic heterocycles. The third kappa shape index (κ3) is 8.18. The van der Waals surface area contributed by atoms with E-state index in [0.29, 0.717) is 38.6 Å². The van der Waals surface area contributed by atoms with Crippen LogP contribution in [0.25, 0.3) is 0 Å². The topological polar surface area (TPSA) is 73.6 Å². The maximum absolute atomic E-state index is 11.5. The summed E-state index contributed by atoms with van der Waals surface area (Å²) in [6, 6.07) is 0. The van der Waals surface area contributed by atoms with Crippen molar-refractivity contribution in [1.29, 1.82) is 0 Å². The predicted octanol–water partition coefficient (Wildman–Crippen LogP) is 1.06. The van der Waals surface area contributed by atoms with E-state index in [4.69, 9.17) is 15.2 Å². The number of nitrogens with two attached hydrogens (primary N) is 1. The average molecular weight is 272 g/mol. The summed E-state index contributed by atoms with van der Waals surface area (Å²) in [5, 5.41) is 2.90. The summed E-state index contributed by atoms with van der Waals surface area (Å²) in [4.78, 5) is 11.5. The van der Waals surface area contributed by atoms with Gasteiger partial charge in [-0.3, -0.25) is 4.79 Å². The largest absolute Gasteiger partial charge is 0.379 e. The van der Waals surface area contributed by atoms with E-state index in [-0.39, 0.29) is 12.0 Å². The average Bonchev–Trinajstić information content (AvgIpc) is 2.93. The summed E-state index contributed by atoms with van der Waals surface area (Å²) in [5.41, 5.74) is 5.51. The Morgan fingerprint density at radius 1 is 1.58 bits per heavy atom. The Hall–Kier alpha value is -0.650. The Kier molecular flexibility index (Phi) is 8.79. The molecule has 1 fully saturated rings. The summed E-state index contributed by atoms with van der Waals surface area (Å²) >= 11 is 0. The van der Waals surface area contributed by atoms with Crippen LogP contribution in [-0.2, 0) is 14.3 Å². The third-order valence-electron chi connectivity index (χ3n) is 3.38. The second-order valence-electron chi connectivity index (χ2n) is 5.29. The van der Waals surface area contributed by atoms with Crippen molar-refractivity contribution in [1.82, 2.24) is 5.32 Å². The number of carbonyl (C=O) groups is 1. The lowest BCUT2D eigenvalue weighted by Gasteiger charge is -2.11. The van der Waals surface area contributed by atoms with Crippen molar-refractivity contribution in [2.24, 2.45) is 11.7 Å². The number of nitrogens with one attached hydrogen (secondary N) is 1. The molecule has 1 saturated heterocycles. The standard InChI is InChI=1S/C14H28N2O3/c1-12(10-15)5-6-14(17)16-7-3-8-18-11-13-4-2-9-19-13/h12-13H,2-11,15H2,1H3,(H,16,17). The van der Waals surface area contributed by atoms with Gasteiger partial charge in [0.15, 0.2) is 0 Å². The SMILES string of the molecule is CC(CN)CCC(=O)NCCCOCC1CCCO1. The van der Waals surface area contributed by atoms with Crippen molar-refractivity contribution in [3.8, 4) is 0 Å². The molecule has 0 aliphatic carbocycles. The van der Waals surface area contributed by atoms with E-state index in [2.05, 4.69) is 12.2 Å². The van der Waals surface area contributed by atoms with E-state index in [1.54, 1.807) is 0 Å². The molecule has 0 aromatic rings. The van der Waals surface area contributed by atoms with Crippen LogP contribution >= 0.6 is 0 Å². The van der Waals surface area contributed by atoms with Crippen molar-refractivity contribution >= 4 is 5.91 Å². The Bertz CT molecular complexity index is 243. The van der Waals surface area contributed by atoms with Crippen LogP contribution < -0.4 is 11.1 Å². The Labute approximate surface area is 116 Å². The summed E-state index contributed by atoms with van der Waals surface area (Å²) in [7, 11) is 0. The molecule has 2 atom stereocenters. The molecule has 1 amide bonds. The fraction of sp³-hybridized carbons (Fsp3) is 0.929. The number of ether oxygens (including phenoxy) is 2. The second-order valence-corrected chi connectivity index (χ2v) is 5.29. The van der Waals surface area contributed by atoms with Gasteiger partial charge in [-0.15, -0.1) is 0 Å². The number of rotatable bonds is 10. The number of hydrogen-bond acceptors (Lipinski definition) is 4. The number of carbonyl (C=O) groups excluding carboxylic acids is 1. The van der Waals surface area contributed by atoms with Crippen LogP contribution in [0.5, 0.6) is 0 Å². The van der Waals surface area contributed by atoms with Gasteiger partial charge in [-0.2, -0.15) is 0 Å². The lowest BCUT2D eigenvalue weighted by molar-refractivity contribution is -0.121. The molecular weight excluding hydrogens is 244 g/mol. The zero-order valence-corrected chi connectivity index (χ0v) is 12.0. The lowest BCUT2D eigenvalue weighted by Crippen LogP contribution is -2.26. The van der Waals surface area contributed by atoms with Gasteiger partial charge >= 0.3 is 0 Å². The van der Waals surface area contributed by atoms with Crippen molar-refractivity contribution < 1.29 is 14.3 Å². The van der Waals surface area contributed by atoms with Crippen molar-refractivity contribution in [3.63, 3.8) is 0 Å². The first kappa shape index (κ1) is 16.4. The monoisotopic (exact) mass is 272 g/mol. The van der Waals surface area contributed by atoms with Gasteiger partial charge in [0, 0.05) is 26.2 Å². The van der Waals surface area contributed by atoms with Crippen molar-refractivity contribution in [2.45, 2.75) is 45.1 Å².